The molecule has 148 valence electrons. The van der Waals surface area contributed by atoms with E-state index in [1.807, 2.05) is 29.2 Å². The van der Waals surface area contributed by atoms with Gasteiger partial charge in [-0.1, -0.05) is 32.9 Å². The van der Waals surface area contributed by atoms with E-state index in [-0.39, 0.29) is 22.6 Å². The summed E-state index contributed by atoms with van der Waals surface area (Å²) in [4.78, 5) is 25.6. The zero-order valence-corrected chi connectivity index (χ0v) is 16.4. The van der Waals surface area contributed by atoms with Gasteiger partial charge in [0.2, 0.25) is 0 Å². The average molecular weight is 383 g/mol. The summed E-state index contributed by atoms with van der Waals surface area (Å²) in [5, 5.41) is 14.4. The Morgan fingerprint density at radius 2 is 1.75 bits per heavy atom. The number of hydrogen-bond acceptors (Lipinski definition) is 5. The topological polar surface area (TPSA) is 84.7 Å². The maximum absolute atomic E-state index is 12.6. The quantitative estimate of drug-likeness (QED) is 0.638. The Morgan fingerprint density at radius 1 is 1.11 bits per heavy atom. The maximum atomic E-state index is 12.6. The zero-order valence-electron chi connectivity index (χ0n) is 16.4. The standard InChI is InChI=1S/C21H25N3O4/c1-21(2,3)16-5-7-17(8-6-16)22-20(25)15-4-9-18(19(14-15)24(26)27)23-10-12-28-13-11-23/h4-9,14H,10-13H2,1-3H3,(H,22,25). The lowest BCUT2D eigenvalue weighted by Crippen LogP contribution is -2.36. The molecule has 1 amide bonds. The first-order valence-corrected chi connectivity index (χ1v) is 9.29. The summed E-state index contributed by atoms with van der Waals surface area (Å²) in [6.07, 6.45) is 0. The molecule has 0 unspecified atom stereocenters. The van der Waals surface area contributed by atoms with Crippen molar-refractivity contribution in [2.24, 2.45) is 0 Å². The molecule has 0 aliphatic carbocycles. The number of hydrogen-bond donors (Lipinski definition) is 1. The Kier molecular flexibility index (Phi) is 5.65. The molecule has 1 aliphatic heterocycles. The first kappa shape index (κ1) is 19.8. The van der Waals surface area contributed by atoms with E-state index >= 15 is 0 Å². The van der Waals surface area contributed by atoms with E-state index < -0.39 is 4.92 Å². The van der Waals surface area contributed by atoms with Crippen LogP contribution in [-0.2, 0) is 10.2 Å². The van der Waals surface area contributed by atoms with E-state index in [2.05, 4.69) is 26.1 Å². The van der Waals surface area contributed by atoms with Gasteiger partial charge in [-0.05, 0) is 35.2 Å². The monoisotopic (exact) mass is 383 g/mol. The number of amides is 1. The second-order valence-corrected chi connectivity index (χ2v) is 7.84. The van der Waals surface area contributed by atoms with Gasteiger partial charge in [0.25, 0.3) is 11.6 Å². The summed E-state index contributed by atoms with van der Waals surface area (Å²) in [5.41, 5.74) is 2.54. The Balaban J connectivity index is 1.80. The lowest BCUT2D eigenvalue weighted by Gasteiger charge is -2.28. The number of morpholine rings is 1. The number of nitro benzene ring substituents is 1. The van der Waals surface area contributed by atoms with Crippen molar-refractivity contribution in [1.82, 2.24) is 0 Å². The molecule has 3 rings (SSSR count). The van der Waals surface area contributed by atoms with Crippen molar-refractivity contribution in [2.45, 2.75) is 26.2 Å². The van der Waals surface area contributed by atoms with Gasteiger partial charge in [-0.2, -0.15) is 0 Å². The van der Waals surface area contributed by atoms with Gasteiger partial charge in [-0.3, -0.25) is 14.9 Å². The highest BCUT2D eigenvalue weighted by atomic mass is 16.6. The van der Waals surface area contributed by atoms with Crippen LogP contribution in [0.1, 0.15) is 36.7 Å². The SMILES string of the molecule is CC(C)(C)c1ccc(NC(=O)c2ccc(N3CCOCC3)c([N+](=O)[O-])c2)cc1. The normalized spacial score (nSPS) is 14.6. The third kappa shape index (κ3) is 4.48. The number of nitrogens with zero attached hydrogens (tertiary/aromatic N) is 2. The summed E-state index contributed by atoms with van der Waals surface area (Å²) >= 11 is 0. The number of benzene rings is 2. The molecule has 0 radical (unpaired) electrons. The highest BCUT2D eigenvalue weighted by Crippen LogP contribution is 2.30. The Hall–Kier alpha value is -2.93. The molecule has 1 fully saturated rings. The lowest BCUT2D eigenvalue weighted by atomic mass is 9.87. The molecule has 2 aromatic carbocycles. The summed E-state index contributed by atoms with van der Waals surface area (Å²) in [5.74, 6) is -0.375. The molecule has 2 aromatic rings. The highest BCUT2D eigenvalue weighted by Gasteiger charge is 2.23. The fourth-order valence-electron chi connectivity index (χ4n) is 3.14. The number of anilines is 2. The zero-order chi connectivity index (χ0) is 20.3. The largest absolute Gasteiger partial charge is 0.378 e. The van der Waals surface area contributed by atoms with Gasteiger partial charge in [0.15, 0.2) is 0 Å². The second kappa shape index (κ2) is 7.98. The van der Waals surface area contributed by atoms with Crippen LogP contribution < -0.4 is 10.2 Å². The molecule has 7 heteroatoms. The summed E-state index contributed by atoms with van der Waals surface area (Å²) in [6, 6.07) is 12.2. The fraction of sp³-hybridized carbons (Fsp3) is 0.381. The molecule has 0 aromatic heterocycles. The molecular weight excluding hydrogens is 358 g/mol. The highest BCUT2D eigenvalue weighted by molar-refractivity contribution is 6.05. The van der Waals surface area contributed by atoms with Gasteiger partial charge in [0.05, 0.1) is 18.1 Å². The van der Waals surface area contributed by atoms with Crippen molar-refractivity contribution in [3.63, 3.8) is 0 Å². The van der Waals surface area contributed by atoms with Crippen molar-refractivity contribution in [1.29, 1.82) is 0 Å². The van der Waals surface area contributed by atoms with Crippen LogP contribution in [0.4, 0.5) is 17.1 Å². The minimum Gasteiger partial charge on any atom is -0.378 e. The second-order valence-electron chi connectivity index (χ2n) is 7.84. The number of nitrogens with one attached hydrogen (secondary N) is 1. The summed E-state index contributed by atoms with van der Waals surface area (Å²) in [7, 11) is 0. The fourth-order valence-corrected chi connectivity index (χ4v) is 3.14. The Morgan fingerprint density at radius 3 is 2.32 bits per heavy atom. The van der Waals surface area contributed by atoms with Crippen LogP contribution in [0.25, 0.3) is 0 Å². The van der Waals surface area contributed by atoms with Crippen molar-refractivity contribution < 1.29 is 14.5 Å². The smallest absolute Gasteiger partial charge is 0.293 e. The first-order valence-electron chi connectivity index (χ1n) is 9.29. The van der Waals surface area contributed by atoms with Gasteiger partial charge >= 0.3 is 0 Å². The van der Waals surface area contributed by atoms with Crippen molar-refractivity contribution in [3.8, 4) is 0 Å². The molecule has 1 aliphatic rings. The molecule has 0 saturated carbocycles. The molecule has 7 nitrogen and oxygen atoms in total. The van der Waals surface area contributed by atoms with Crippen LogP contribution in [0, 0.1) is 10.1 Å². The molecule has 0 spiro atoms. The van der Waals surface area contributed by atoms with E-state index in [0.29, 0.717) is 37.7 Å². The number of nitro groups is 1. The molecule has 0 atom stereocenters. The number of rotatable bonds is 4. The first-order chi connectivity index (χ1) is 13.3. The Labute approximate surface area is 164 Å². The maximum Gasteiger partial charge on any atom is 0.293 e. The molecule has 1 N–H and O–H groups in total. The van der Waals surface area contributed by atoms with E-state index in [0.717, 1.165) is 5.56 Å². The van der Waals surface area contributed by atoms with Crippen molar-refractivity contribution >= 4 is 23.0 Å². The van der Waals surface area contributed by atoms with Crippen molar-refractivity contribution in [2.75, 3.05) is 36.5 Å². The van der Waals surface area contributed by atoms with E-state index in [4.69, 9.17) is 4.74 Å². The van der Waals surface area contributed by atoms with Gasteiger partial charge in [0, 0.05) is 30.4 Å². The molecule has 28 heavy (non-hydrogen) atoms. The van der Waals surface area contributed by atoms with Crippen LogP contribution in [0.5, 0.6) is 0 Å². The molecule has 0 bridgehead atoms. The number of ether oxygens (including phenoxy) is 1. The minimum atomic E-state index is -0.445. The Bertz CT molecular complexity index is 866. The van der Waals surface area contributed by atoms with Gasteiger partial charge in [-0.25, -0.2) is 0 Å². The third-order valence-corrected chi connectivity index (χ3v) is 4.79. The van der Waals surface area contributed by atoms with Gasteiger partial charge < -0.3 is 15.0 Å². The van der Waals surface area contributed by atoms with E-state index in [1.54, 1.807) is 12.1 Å². The number of carbonyl (C=O) groups is 1. The predicted molar refractivity (Wildman–Crippen MR) is 109 cm³/mol. The van der Waals surface area contributed by atoms with Crippen molar-refractivity contribution in [3.05, 3.63) is 63.7 Å². The van der Waals surface area contributed by atoms with Crippen LogP contribution >= 0.6 is 0 Å². The minimum absolute atomic E-state index is 0.0263. The number of carbonyl (C=O) groups excluding carboxylic acids is 1. The molecule has 1 saturated heterocycles. The summed E-state index contributed by atoms with van der Waals surface area (Å²) < 4.78 is 5.30. The van der Waals surface area contributed by atoms with Crippen LogP contribution in [0.15, 0.2) is 42.5 Å². The lowest BCUT2D eigenvalue weighted by molar-refractivity contribution is -0.384. The van der Waals surface area contributed by atoms with Crippen LogP contribution in [0.3, 0.4) is 0 Å². The van der Waals surface area contributed by atoms with E-state index in [9.17, 15) is 14.9 Å². The molecular formula is C21H25N3O4. The van der Waals surface area contributed by atoms with E-state index in [1.165, 1.54) is 6.07 Å². The van der Waals surface area contributed by atoms with Crippen LogP contribution in [0.2, 0.25) is 0 Å². The van der Waals surface area contributed by atoms with Crippen LogP contribution in [-0.4, -0.2) is 37.1 Å². The molecule has 1 heterocycles. The predicted octanol–water partition coefficient (Wildman–Crippen LogP) is 3.98. The van der Waals surface area contributed by atoms with Gasteiger partial charge in [-0.15, -0.1) is 0 Å². The van der Waals surface area contributed by atoms with Gasteiger partial charge in [0.1, 0.15) is 5.69 Å². The average Bonchev–Trinajstić information content (AvgIpc) is 2.68. The third-order valence-electron chi connectivity index (χ3n) is 4.79. The summed E-state index contributed by atoms with van der Waals surface area (Å²) in [6.45, 7) is 8.61.